The Morgan fingerprint density at radius 2 is 2.12 bits per heavy atom. The molecule has 1 heterocycles. The lowest BCUT2D eigenvalue weighted by Crippen LogP contribution is -2.16. The molecule has 48 valence electrons. The van der Waals surface area contributed by atoms with Crippen molar-refractivity contribution in [1.82, 2.24) is 9.21 Å². The molecule has 1 rings (SSSR count). The Kier molecular flexibility index (Phi) is 2.16. The first-order valence-corrected chi connectivity index (χ1v) is 3.98. The lowest BCUT2D eigenvalue weighted by molar-refractivity contribution is 0.377. The highest BCUT2D eigenvalue weighted by atomic mass is 32.2. The second-order valence-electron chi connectivity index (χ2n) is 2.11. The van der Waals surface area contributed by atoms with Crippen molar-refractivity contribution in [3.8, 4) is 0 Å². The summed E-state index contributed by atoms with van der Waals surface area (Å²) in [4.78, 5) is 2.32. The van der Waals surface area contributed by atoms with Gasteiger partial charge in [-0.3, -0.25) is 4.90 Å². The van der Waals surface area contributed by atoms with Gasteiger partial charge in [0, 0.05) is 13.1 Å². The minimum absolute atomic E-state index is 1.13. The van der Waals surface area contributed by atoms with E-state index in [2.05, 4.69) is 22.5 Å². The maximum Gasteiger partial charge on any atom is 0.0604 e. The predicted octanol–water partition coefficient (Wildman–Crippen LogP) is 0.469. The van der Waals surface area contributed by atoms with Crippen LogP contribution in [-0.2, 0) is 0 Å². The minimum Gasteiger partial charge on any atom is -0.292 e. The number of rotatable bonds is 1. The summed E-state index contributed by atoms with van der Waals surface area (Å²) in [5.74, 6) is 0. The van der Waals surface area contributed by atoms with E-state index < -0.39 is 0 Å². The third-order valence-electron chi connectivity index (χ3n) is 1.39. The van der Waals surface area contributed by atoms with Gasteiger partial charge >= 0.3 is 0 Å². The number of hydrogen-bond donors (Lipinski definition) is 0. The van der Waals surface area contributed by atoms with Gasteiger partial charge in [0.1, 0.15) is 0 Å². The maximum atomic E-state index is 2.35. The Morgan fingerprint density at radius 3 is 2.38 bits per heavy atom. The van der Waals surface area contributed by atoms with E-state index in [0.29, 0.717) is 0 Å². The van der Waals surface area contributed by atoms with Gasteiger partial charge in [-0.05, 0) is 13.3 Å². The quantitative estimate of drug-likeness (QED) is 0.479. The summed E-state index contributed by atoms with van der Waals surface area (Å²) < 4.78 is 2.35. The number of hydrogen-bond acceptors (Lipinski definition) is 3. The third-order valence-corrected chi connectivity index (χ3v) is 2.20. The molecule has 8 heavy (non-hydrogen) atoms. The number of nitrogens with zero attached hydrogens (tertiary/aromatic N) is 2. The highest BCUT2D eigenvalue weighted by molar-refractivity contribution is 7.96. The van der Waals surface area contributed by atoms with Crippen molar-refractivity contribution in [2.45, 2.75) is 0 Å². The molecule has 0 unspecified atom stereocenters. The molecule has 0 saturated carbocycles. The van der Waals surface area contributed by atoms with Crippen molar-refractivity contribution < 1.29 is 0 Å². The van der Waals surface area contributed by atoms with Crippen molar-refractivity contribution in [1.29, 1.82) is 0 Å². The van der Waals surface area contributed by atoms with Crippen LogP contribution in [0.25, 0.3) is 0 Å². The molecule has 0 aromatic heterocycles. The summed E-state index contributed by atoms with van der Waals surface area (Å²) in [7, 11) is 2.15. The molecule has 0 aromatic rings. The van der Waals surface area contributed by atoms with Crippen LogP contribution in [0, 0.1) is 0 Å². The summed E-state index contributed by atoms with van der Waals surface area (Å²) in [6.07, 6.45) is 2.12. The van der Waals surface area contributed by atoms with Gasteiger partial charge in [-0.1, -0.05) is 11.9 Å². The van der Waals surface area contributed by atoms with E-state index in [1.54, 1.807) is 0 Å². The fourth-order valence-electron chi connectivity index (χ4n) is 0.842. The second-order valence-corrected chi connectivity index (χ2v) is 2.99. The van der Waals surface area contributed by atoms with Gasteiger partial charge in [0.25, 0.3) is 0 Å². The van der Waals surface area contributed by atoms with E-state index in [1.165, 1.54) is 13.1 Å². The molecule has 0 amide bonds. The van der Waals surface area contributed by atoms with Gasteiger partial charge in [0.05, 0.1) is 6.67 Å². The highest BCUT2D eigenvalue weighted by Crippen LogP contribution is 2.10. The predicted molar refractivity (Wildman–Crippen MR) is 37.7 cm³/mol. The number of likely N-dealkylation sites (N-methyl/N-ethyl adjacent to an activating group) is 1. The van der Waals surface area contributed by atoms with E-state index in [-0.39, 0.29) is 0 Å². The molecule has 1 fully saturated rings. The molecule has 0 bridgehead atoms. The first-order valence-electron chi connectivity index (χ1n) is 2.80. The van der Waals surface area contributed by atoms with Gasteiger partial charge in [-0.25, -0.2) is 4.31 Å². The van der Waals surface area contributed by atoms with Crippen LogP contribution < -0.4 is 0 Å². The van der Waals surface area contributed by atoms with E-state index in [1.807, 2.05) is 11.9 Å². The van der Waals surface area contributed by atoms with Crippen LogP contribution >= 0.6 is 11.9 Å². The Balaban J connectivity index is 2.22. The van der Waals surface area contributed by atoms with Crippen molar-refractivity contribution >= 4 is 11.9 Å². The van der Waals surface area contributed by atoms with E-state index in [9.17, 15) is 0 Å². The average Bonchev–Trinajstić information content (AvgIpc) is 2.14. The van der Waals surface area contributed by atoms with Crippen LogP contribution in [0.4, 0.5) is 0 Å². The first kappa shape index (κ1) is 6.39. The molecule has 1 aliphatic rings. The summed E-state index contributed by atoms with van der Waals surface area (Å²) >= 11 is 1.83. The lowest BCUT2D eigenvalue weighted by atomic mass is 10.7. The minimum atomic E-state index is 1.13. The van der Waals surface area contributed by atoms with Crippen LogP contribution in [0.3, 0.4) is 0 Å². The van der Waals surface area contributed by atoms with E-state index in [4.69, 9.17) is 0 Å². The summed E-state index contributed by atoms with van der Waals surface area (Å²) in [5, 5.41) is 0. The second kappa shape index (κ2) is 2.71. The summed E-state index contributed by atoms with van der Waals surface area (Å²) in [6, 6.07) is 0. The van der Waals surface area contributed by atoms with Gasteiger partial charge < -0.3 is 0 Å². The zero-order chi connectivity index (χ0) is 5.98. The molecule has 1 saturated heterocycles. The Morgan fingerprint density at radius 1 is 1.38 bits per heavy atom. The molecule has 1 aliphatic heterocycles. The summed E-state index contributed by atoms with van der Waals surface area (Å²) in [5.41, 5.74) is 0. The van der Waals surface area contributed by atoms with Crippen LogP contribution in [-0.4, -0.2) is 42.3 Å². The van der Waals surface area contributed by atoms with Gasteiger partial charge in [0.2, 0.25) is 0 Å². The molecule has 0 atom stereocenters. The molecular formula is C5H12N2S. The zero-order valence-electron chi connectivity index (χ0n) is 5.42. The molecular weight excluding hydrogens is 120 g/mol. The zero-order valence-corrected chi connectivity index (χ0v) is 6.24. The molecule has 2 nitrogen and oxygen atoms in total. The fraction of sp³-hybridized carbons (Fsp3) is 1.00. The van der Waals surface area contributed by atoms with Gasteiger partial charge in [0.15, 0.2) is 0 Å². The molecule has 0 aliphatic carbocycles. The Bertz CT molecular complexity index is 76.8. The normalized spacial score (nSPS) is 24.8. The first-order chi connectivity index (χ1) is 3.83. The molecule has 0 N–H and O–H groups in total. The van der Waals surface area contributed by atoms with E-state index >= 15 is 0 Å². The van der Waals surface area contributed by atoms with Crippen molar-refractivity contribution in [3.63, 3.8) is 0 Å². The smallest absolute Gasteiger partial charge is 0.0604 e. The largest absolute Gasteiger partial charge is 0.292 e. The summed E-state index contributed by atoms with van der Waals surface area (Å²) in [6.45, 7) is 3.57. The molecule has 0 spiro atoms. The lowest BCUT2D eigenvalue weighted by Gasteiger charge is -2.09. The molecule has 3 heteroatoms. The maximum absolute atomic E-state index is 2.35. The highest BCUT2D eigenvalue weighted by Gasteiger charge is 2.13. The Hall–Kier alpha value is 0.270. The van der Waals surface area contributed by atoms with Gasteiger partial charge in [-0.15, -0.1) is 0 Å². The SMILES string of the molecule is CSN1CCN(C)C1. The molecule has 0 radical (unpaired) electrons. The molecule has 0 aromatic carbocycles. The van der Waals surface area contributed by atoms with Crippen molar-refractivity contribution in [3.05, 3.63) is 0 Å². The topological polar surface area (TPSA) is 6.48 Å². The van der Waals surface area contributed by atoms with Crippen LogP contribution in [0.15, 0.2) is 0 Å². The van der Waals surface area contributed by atoms with Crippen LogP contribution in [0.5, 0.6) is 0 Å². The van der Waals surface area contributed by atoms with Crippen LogP contribution in [0.2, 0.25) is 0 Å². The van der Waals surface area contributed by atoms with Crippen LogP contribution in [0.1, 0.15) is 0 Å². The van der Waals surface area contributed by atoms with E-state index in [0.717, 1.165) is 6.67 Å². The standard InChI is InChI=1S/C5H12N2S/c1-6-3-4-7(5-6)8-2/h3-5H2,1-2H3. The van der Waals surface area contributed by atoms with Crippen molar-refractivity contribution in [2.75, 3.05) is 33.1 Å². The monoisotopic (exact) mass is 132 g/mol. The fourth-order valence-corrected chi connectivity index (χ4v) is 1.42. The Labute approximate surface area is 55.0 Å². The average molecular weight is 132 g/mol. The van der Waals surface area contributed by atoms with Crippen molar-refractivity contribution in [2.24, 2.45) is 0 Å². The third kappa shape index (κ3) is 1.37. The van der Waals surface area contributed by atoms with Gasteiger partial charge in [-0.2, -0.15) is 0 Å².